The predicted molar refractivity (Wildman–Crippen MR) is 147 cm³/mol. The van der Waals surface area contributed by atoms with Gasteiger partial charge < -0.3 is 19.1 Å². The minimum absolute atomic E-state index is 0.00792. The highest BCUT2D eigenvalue weighted by Crippen LogP contribution is 2.33. The highest BCUT2D eigenvalue weighted by molar-refractivity contribution is 7.12. The van der Waals surface area contributed by atoms with E-state index in [1.807, 2.05) is 58.8 Å². The lowest BCUT2D eigenvalue weighted by Crippen LogP contribution is -2.49. The number of thiophene rings is 1. The Labute approximate surface area is 223 Å². The number of benzene rings is 2. The fraction of sp³-hybridized carbons (Fsp3) is 0.250. The zero-order valence-corrected chi connectivity index (χ0v) is 21.9. The van der Waals surface area contributed by atoms with Gasteiger partial charge in [-0.3, -0.25) is 9.59 Å². The number of carbonyl (C=O) groups is 2. The summed E-state index contributed by atoms with van der Waals surface area (Å²) in [7, 11) is 0. The summed E-state index contributed by atoms with van der Waals surface area (Å²) in [5, 5.41) is 3.08. The molecule has 1 aliphatic rings. The molecule has 1 amide bonds. The first-order valence-electron chi connectivity index (χ1n) is 12.1. The number of halogens is 1. The maximum absolute atomic E-state index is 13.9. The summed E-state index contributed by atoms with van der Waals surface area (Å²) in [5.74, 6) is -0.672. The van der Waals surface area contributed by atoms with Crippen LogP contribution in [-0.4, -0.2) is 54.1 Å². The highest BCUT2D eigenvalue weighted by atomic mass is 35.5. The van der Waals surface area contributed by atoms with Crippen LogP contribution in [0.25, 0.3) is 10.9 Å². The van der Waals surface area contributed by atoms with Crippen molar-refractivity contribution in [3.8, 4) is 0 Å². The van der Waals surface area contributed by atoms with Gasteiger partial charge >= 0.3 is 5.97 Å². The third-order valence-electron chi connectivity index (χ3n) is 6.48. The van der Waals surface area contributed by atoms with E-state index in [1.165, 1.54) is 11.3 Å². The largest absolute Gasteiger partial charge is 0.462 e. The minimum Gasteiger partial charge on any atom is -0.462 e. The molecule has 0 aliphatic carbocycles. The molecule has 2 aromatic heterocycles. The van der Waals surface area contributed by atoms with Crippen LogP contribution in [0, 0.1) is 0 Å². The van der Waals surface area contributed by atoms with Gasteiger partial charge in [-0.1, -0.05) is 48.0 Å². The number of esters is 1. The number of aromatic nitrogens is 1. The van der Waals surface area contributed by atoms with Crippen molar-refractivity contribution in [3.05, 3.63) is 97.4 Å². The third kappa shape index (κ3) is 4.99. The van der Waals surface area contributed by atoms with Crippen molar-refractivity contribution in [1.82, 2.24) is 9.47 Å². The Morgan fingerprint density at radius 3 is 2.43 bits per heavy atom. The molecule has 3 heterocycles. The molecule has 0 atom stereocenters. The van der Waals surface area contributed by atoms with Crippen LogP contribution in [0.15, 0.2) is 70.8 Å². The quantitative estimate of drug-likeness (QED) is 0.328. The molecule has 0 saturated carbocycles. The fourth-order valence-electron chi connectivity index (χ4n) is 4.74. The average molecular weight is 536 g/mol. The monoisotopic (exact) mass is 535 g/mol. The van der Waals surface area contributed by atoms with E-state index in [0.717, 1.165) is 5.56 Å². The number of pyridine rings is 1. The number of anilines is 1. The molecule has 0 bridgehead atoms. The van der Waals surface area contributed by atoms with Gasteiger partial charge in [0.1, 0.15) is 5.56 Å². The van der Waals surface area contributed by atoms with Crippen molar-refractivity contribution >= 4 is 51.4 Å². The number of ether oxygens (including phenoxy) is 1. The standard InChI is InChI=1S/C28H26ClN3O4S/c1-2-36-28(35)24-25(30-12-14-31(15-13-30)26(33)23-9-6-16-37-23)21-17-20(29)10-11-22(21)32(27(24)34)18-19-7-4-3-5-8-19/h3-11,16-17H,2,12-15,18H2,1H3. The van der Waals surface area contributed by atoms with Crippen LogP contribution in [0.5, 0.6) is 0 Å². The Morgan fingerprint density at radius 1 is 1.00 bits per heavy atom. The van der Waals surface area contributed by atoms with Crippen molar-refractivity contribution in [3.63, 3.8) is 0 Å². The van der Waals surface area contributed by atoms with E-state index in [1.54, 1.807) is 28.5 Å². The zero-order valence-electron chi connectivity index (χ0n) is 20.4. The molecule has 0 unspecified atom stereocenters. The van der Waals surface area contributed by atoms with E-state index in [-0.39, 0.29) is 18.1 Å². The average Bonchev–Trinajstić information content (AvgIpc) is 3.45. The second-order valence-corrected chi connectivity index (χ2v) is 10.1. The van der Waals surface area contributed by atoms with Gasteiger partial charge in [-0.2, -0.15) is 0 Å². The molecule has 5 rings (SSSR count). The lowest BCUT2D eigenvalue weighted by Gasteiger charge is -2.37. The molecule has 1 fully saturated rings. The van der Waals surface area contributed by atoms with Gasteiger partial charge in [-0.25, -0.2) is 4.79 Å². The van der Waals surface area contributed by atoms with Crippen molar-refractivity contribution < 1.29 is 14.3 Å². The number of amides is 1. The molecule has 0 spiro atoms. The highest BCUT2D eigenvalue weighted by Gasteiger charge is 2.30. The van der Waals surface area contributed by atoms with E-state index in [4.69, 9.17) is 16.3 Å². The van der Waals surface area contributed by atoms with Crippen LogP contribution in [0.3, 0.4) is 0 Å². The lowest BCUT2D eigenvalue weighted by molar-refractivity contribution is 0.0523. The van der Waals surface area contributed by atoms with Crippen molar-refractivity contribution in [2.45, 2.75) is 13.5 Å². The van der Waals surface area contributed by atoms with E-state index in [2.05, 4.69) is 0 Å². The number of nitrogens with zero attached hydrogens (tertiary/aromatic N) is 3. The first-order valence-corrected chi connectivity index (χ1v) is 13.4. The molecule has 7 nitrogen and oxygen atoms in total. The van der Waals surface area contributed by atoms with Gasteiger partial charge in [0.05, 0.1) is 29.2 Å². The van der Waals surface area contributed by atoms with Crippen LogP contribution >= 0.6 is 22.9 Å². The maximum atomic E-state index is 13.9. The van der Waals surface area contributed by atoms with Crippen molar-refractivity contribution in [1.29, 1.82) is 0 Å². The van der Waals surface area contributed by atoms with Gasteiger partial charge in [0.25, 0.3) is 11.5 Å². The summed E-state index contributed by atoms with van der Waals surface area (Å²) in [6.07, 6.45) is 0. The topological polar surface area (TPSA) is 71.8 Å². The molecule has 0 radical (unpaired) electrons. The predicted octanol–water partition coefficient (Wildman–Crippen LogP) is 4.90. The molecular formula is C28H26ClN3O4S. The minimum atomic E-state index is -0.664. The molecular weight excluding hydrogens is 510 g/mol. The molecule has 1 saturated heterocycles. The number of carbonyl (C=O) groups excluding carboxylic acids is 2. The van der Waals surface area contributed by atoms with Gasteiger partial charge in [0.2, 0.25) is 0 Å². The number of rotatable bonds is 6. The van der Waals surface area contributed by atoms with Crippen LogP contribution in [0.2, 0.25) is 5.02 Å². The molecule has 37 heavy (non-hydrogen) atoms. The van der Waals surface area contributed by atoms with E-state index >= 15 is 0 Å². The maximum Gasteiger partial charge on any atom is 0.345 e. The van der Waals surface area contributed by atoms with Crippen molar-refractivity contribution in [2.75, 3.05) is 37.7 Å². The molecule has 4 aromatic rings. The summed E-state index contributed by atoms with van der Waals surface area (Å²) >= 11 is 7.84. The Balaban J connectivity index is 1.60. The molecule has 1 aliphatic heterocycles. The van der Waals surface area contributed by atoms with E-state index in [9.17, 15) is 14.4 Å². The molecule has 0 N–H and O–H groups in total. The Kier molecular flexibility index (Phi) is 7.30. The zero-order chi connectivity index (χ0) is 25.9. The normalized spacial score (nSPS) is 13.7. The summed E-state index contributed by atoms with van der Waals surface area (Å²) in [6.45, 7) is 4.02. The lowest BCUT2D eigenvalue weighted by atomic mass is 10.0. The molecule has 9 heteroatoms. The Morgan fingerprint density at radius 2 is 1.76 bits per heavy atom. The Bertz CT molecular complexity index is 1490. The van der Waals surface area contributed by atoms with Gasteiger partial charge in [-0.05, 0) is 42.1 Å². The fourth-order valence-corrected chi connectivity index (χ4v) is 5.60. The van der Waals surface area contributed by atoms with E-state index in [0.29, 0.717) is 59.2 Å². The SMILES string of the molecule is CCOC(=O)c1c(N2CCN(C(=O)c3cccs3)CC2)c2cc(Cl)ccc2n(Cc2ccccc2)c1=O. The number of hydrogen-bond donors (Lipinski definition) is 0. The Hall–Kier alpha value is -3.62. The molecule has 190 valence electrons. The van der Waals surface area contributed by atoms with Gasteiger partial charge in [0, 0.05) is 36.6 Å². The smallest absolute Gasteiger partial charge is 0.345 e. The summed E-state index contributed by atoms with van der Waals surface area (Å²) in [4.78, 5) is 44.5. The van der Waals surface area contributed by atoms with Gasteiger partial charge in [0.15, 0.2) is 0 Å². The van der Waals surface area contributed by atoms with Gasteiger partial charge in [-0.15, -0.1) is 11.3 Å². The van der Waals surface area contributed by atoms with Crippen LogP contribution in [0.1, 0.15) is 32.5 Å². The molecule has 2 aromatic carbocycles. The van der Waals surface area contributed by atoms with Crippen LogP contribution < -0.4 is 10.5 Å². The van der Waals surface area contributed by atoms with Crippen molar-refractivity contribution in [2.24, 2.45) is 0 Å². The first kappa shape index (κ1) is 25.0. The first-order chi connectivity index (χ1) is 18.0. The van der Waals surface area contributed by atoms with Crippen LogP contribution in [0.4, 0.5) is 5.69 Å². The number of hydrogen-bond acceptors (Lipinski definition) is 6. The second-order valence-electron chi connectivity index (χ2n) is 8.74. The summed E-state index contributed by atoms with van der Waals surface area (Å²) in [5.41, 5.74) is 1.70. The van der Waals surface area contributed by atoms with Crippen LogP contribution in [-0.2, 0) is 11.3 Å². The van der Waals surface area contributed by atoms with E-state index < -0.39 is 11.5 Å². The number of piperazine rings is 1. The number of fused-ring (bicyclic) bond motifs is 1. The second kappa shape index (κ2) is 10.8. The summed E-state index contributed by atoms with van der Waals surface area (Å²) in [6, 6.07) is 18.7. The summed E-state index contributed by atoms with van der Waals surface area (Å²) < 4.78 is 6.96. The third-order valence-corrected chi connectivity index (χ3v) is 7.57.